The Hall–Kier alpha value is -1.99. The van der Waals surface area contributed by atoms with Crippen molar-refractivity contribution in [3.05, 3.63) is 53.6 Å². The van der Waals surface area contributed by atoms with Crippen molar-refractivity contribution in [2.75, 3.05) is 12.9 Å². The van der Waals surface area contributed by atoms with Crippen LogP contribution in [0.2, 0.25) is 0 Å². The van der Waals surface area contributed by atoms with Crippen LogP contribution in [-0.2, 0) is 16.4 Å². The smallest absolute Gasteiger partial charge is 0.209 e. The van der Waals surface area contributed by atoms with Gasteiger partial charge in [0, 0.05) is 18.3 Å². The lowest BCUT2D eigenvalue weighted by Crippen LogP contribution is -2.24. The van der Waals surface area contributed by atoms with Crippen molar-refractivity contribution in [1.29, 1.82) is 0 Å². The van der Waals surface area contributed by atoms with E-state index in [1.165, 1.54) is 0 Å². The Morgan fingerprint density at radius 2 is 1.77 bits per heavy atom. The highest BCUT2D eigenvalue weighted by atomic mass is 32.2. The van der Waals surface area contributed by atoms with Crippen molar-refractivity contribution in [3.63, 3.8) is 0 Å². The summed E-state index contributed by atoms with van der Waals surface area (Å²) in [5, 5.41) is 5.20. The second kappa shape index (κ2) is 6.85. The normalized spacial score (nSPS) is 12.9. The molecule has 1 atom stereocenters. The van der Waals surface area contributed by atoms with E-state index in [0.29, 0.717) is 12.2 Å². The predicted molar refractivity (Wildman–Crippen MR) is 84.2 cm³/mol. The van der Waals surface area contributed by atoms with E-state index >= 15 is 0 Å². The number of sulfonamides is 1. The fourth-order valence-electron chi connectivity index (χ4n) is 2.16. The van der Waals surface area contributed by atoms with Gasteiger partial charge in [-0.05, 0) is 36.6 Å². The summed E-state index contributed by atoms with van der Waals surface area (Å²) < 4.78 is 28.1. The Kier molecular flexibility index (Phi) is 5.10. The fraction of sp³-hybridized carbons (Fsp3) is 0.333. The van der Waals surface area contributed by atoms with E-state index < -0.39 is 10.0 Å². The SMILES string of the molecule is COc1ccc(CC(CS(N)(=O)=O)c2ncc(C)cn2)cc1. The molecule has 1 aromatic carbocycles. The lowest BCUT2D eigenvalue weighted by molar-refractivity contribution is 0.414. The summed E-state index contributed by atoms with van der Waals surface area (Å²) in [4.78, 5) is 8.47. The summed E-state index contributed by atoms with van der Waals surface area (Å²) in [6.45, 7) is 1.88. The largest absolute Gasteiger partial charge is 0.497 e. The zero-order valence-corrected chi connectivity index (χ0v) is 13.4. The molecule has 118 valence electrons. The highest BCUT2D eigenvalue weighted by Gasteiger charge is 2.21. The van der Waals surface area contributed by atoms with Gasteiger partial charge in [0.15, 0.2) is 0 Å². The molecule has 0 aliphatic carbocycles. The number of primary sulfonamides is 1. The number of ether oxygens (including phenoxy) is 1. The van der Waals surface area contributed by atoms with Gasteiger partial charge in [-0.25, -0.2) is 23.5 Å². The van der Waals surface area contributed by atoms with E-state index in [0.717, 1.165) is 16.9 Å². The summed E-state index contributed by atoms with van der Waals surface area (Å²) in [6, 6.07) is 7.45. The first-order valence-corrected chi connectivity index (χ1v) is 8.51. The van der Waals surface area contributed by atoms with Gasteiger partial charge in [-0.3, -0.25) is 0 Å². The Morgan fingerprint density at radius 3 is 2.27 bits per heavy atom. The second-order valence-electron chi connectivity index (χ2n) is 5.20. The third-order valence-corrected chi connectivity index (χ3v) is 4.11. The molecule has 2 rings (SSSR count). The van der Waals surface area contributed by atoms with Gasteiger partial charge >= 0.3 is 0 Å². The second-order valence-corrected chi connectivity index (χ2v) is 6.86. The number of nitrogens with two attached hydrogens (primary N) is 1. The van der Waals surface area contributed by atoms with E-state index in [4.69, 9.17) is 9.88 Å². The van der Waals surface area contributed by atoms with Gasteiger partial charge in [0.2, 0.25) is 10.0 Å². The molecule has 7 heteroatoms. The van der Waals surface area contributed by atoms with Crippen molar-refractivity contribution < 1.29 is 13.2 Å². The maximum Gasteiger partial charge on any atom is 0.209 e. The minimum atomic E-state index is -3.62. The molecular formula is C15H19N3O3S. The van der Waals surface area contributed by atoms with Crippen LogP contribution in [0, 0.1) is 6.92 Å². The average Bonchev–Trinajstić information content (AvgIpc) is 2.47. The molecule has 1 aromatic heterocycles. The van der Waals surface area contributed by atoms with Crippen LogP contribution in [0.25, 0.3) is 0 Å². The average molecular weight is 321 g/mol. The molecular weight excluding hydrogens is 302 g/mol. The molecule has 0 saturated carbocycles. The molecule has 0 bridgehead atoms. The topological polar surface area (TPSA) is 95.2 Å². The first kappa shape index (κ1) is 16.4. The molecule has 0 radical (unpaired) electrons. The van der Waals surface area contributed by atoms with Crippen LogP contribution >= 0.6 is 0 Å². The van der Waals surface area contributed by atoms with Gasteiger partial charge in [-0.15, -0.1) is 0 Å². The van der Waals surface area contributed by atoms with E-state index in [9.17, 15) is 8.42 Å². The quantitative estimate of drug-likeness (QED) is 0.868. The van der Waals surface area contributed by atoms with Gasteiger partial charge in [-0.1, -0.05) is 12.1 Å². The molecule has 0 fully saturated rings. The monoisotopic (exact) mass is 321 g/mol. The van der Waals surface area contributed by atoms with E-state index in [-0.39, 0.29) is 11.7 Å². The van der Waals surface area contributed by atoms with Crippen LogP contribution in [0.4, 0.5) is 0 Å². The van der Waals surface area contributed by atoms with Gasteiger partial charge in [0.05, 0.1) is 12.9 Å². The zero-order valence-electron chi connectivity index (χ0n) is 12.6. The van der Waals surface area contributed by atoms with Crippen LogP contribution in [0.5, 0.6) is 5.75 Å². The number of methoxy groups -OCH3 is 1. The highest BCUT2D eigenvalue weighted by Crippen LogP contribution is 2.21. The maximum atomic E-state index is 11.5. The molecule has 1 heterocycles. The lowest BCUT2D eigenvalue weighted by Gasteiger charge is -2.15. The van der Waals surface area contributed by atoms with Crippen LogP contribution in [-0.4, -0.2) is 31.2 Å². The van der Waals surface area contributed by atoms with Gasteiger partial charge < -0.3 is 4.74 Å². The number of hydrogen-bond donors (Lipinski definition) is 1. The van der Waals surface area contributed by atoms with Crippen LogP contribution in [0.3, 0.4) is 0 Å². The third-order valence-electron chi connectivity index (χ3n) is 3.24. The van der Waals surface area contributed by atoms with E-state index in [1.807, 2.05) is 31.2 Å². The number of aryl methyl sites for hydroxylation is 1. The first-order valence-electron chi connectivity index (χ1n) is 6.79. The first-order chi connectivity index (χ1) is 10.4. The molecule has 2 N–H and O–H groups in total. The van der Waals surface area contributed by atoms with Crippen molar-refractivity contribution in [3.8, 4) is 5.75 Å². The maximum absolute atomic E-state index is 11.5. The summed E-state index contributed by atoms with van der Waals surface area (Å²) >= 11 is 0. The van der Waals surface area contributed by atoms with Gasteiger partial charge in [0.25, 0.3) is 0 Å². The Morgan fingerprint density at radius 1 is 1.18 bits per heavy atom. The lowest BCUT2D eigenvalue weighted by atomic mass is 10.00. The van der Waals surface area contributed by atoms with Crippen molar-refractivity contribution in [2.24, 2.45) is 5.14 Å². The minimum absolute atomic E-state index is 0.192. The standard InChI is InChI=1S/C15H19N3O3S/c1-11-8-17-15(18-9-11)13(10-22(16,19)20)7-12-3-5-14(21-2)6-4-12/h3-6,8-9,13H,7,10H2,1-2H3,(H2,16,19,20). The molecule has 0 amide bonds. The summed E-state index contributed by atoms with van der Waals surface area (Å²) in [5.74, 6) is 0.653. The van der Waals surface area contributed by atoms with Gasteiger partial charge in [-0.2, -0.15) is 0 Å². The Bertz CT molecular complexity index is 713. The molecule has 0 aliphatic rings. The number of nitrogens with zero attached hydrogens (tertiary/aromatic N) is 2. The summed E-state index contributed by atoms with van der Waals surface area (Å²) in [6.07, 6.45) is 3.84. The summed E-state index contributed by atoms with van der Waals surface area (Å²) in [7, 11) is -2.02. The predicted octanol–water partition coefficient (Wildman–Crippen LogP) is 1.41. The minimum Gasteiger partial charge on any atom is -0.497 e. The van der Waals surface area contributed by atoms with E-state index in [2.05, 4.69) is 9.97 Å². The van der Waals surface area contributed by atoms with Crippen molar-refractivity contribution in [2.45, 2.75) is 19.3 Å². The number of aromatic nitrogens is 2. The Labute approximate surface area is 130 Å². The molecule has 0 aliphatic heterocycles. The molecule has 2 aromatic rings. The number of benzene rings is 1. The molecule has 22 heavy (non-hydrogen) atoms. The summed E-state index contributed by atoms with van der Waals surface area (Å²) in [5.41, 5.74) is 1.89. The molecule has 0 saturated heterocycles. The fourth-order valence-corrected chi connectivity index (χ4v) is 2.99. The third kappa shape index (κ3) is 4.78. The molecule has 6 nitrogen and oxygen atoms in total. The Balaban J connectivity index is 2.25. The highest BCUT2D eigenvalue weighted by molar-refractivity contribution is 7.89. The van der Waals surface area contributed by atoms with Crippen LogP contribution in [0.1, 0.15) is 22.9 Å². The van der Waals surface area contributed by atoms with Gasteiger partial charge in [0.1, 0.15) is 11.6 Å². The molecule has 1 unspecified atom stereocenters. The van der Waals surface area contributed by atoms with Crippen molar-refractivity contribution >= 4 is 10.0 Å². The number of hydrogen-bond acceptors (Lipinski definition) is 5. The zero-order chi connectivity index (χ0) is 16.2. The number of rotatable bonds is 6. The van der Waals surface area contributed by atoms with Crippen LogP contribution in [0.15, 0.2) is 36.7 Å². The molecule has 0 spiro atoms. The van der Waals surface area contributed by atoms with Crippen LogP contribution < -0.4 is 9.88 Å². The van der Waals surface area contributed by atoms with Crippen molar-refractivity contribution in [1.82, 2.24) is 9.97 Å². The van der Waals surface area contributed by atoms with E-state index in [1.54, 1.807) is 19.5 Å².